The van der Waals surface area contributed by atoms with Crippen LogP contribution in [0.2, 0.25) is 0 Å². The zero-order valence-electron chi connectivity index (χ0n) is 9.52. The molecule has 0 amide bonds. The Labute approximate surface area is 105 Å². The lowest BCUT2D eigenvalue weighted by Gasteiger charge is -2.06. The SMILES string of the molecule is CNc1cnc2c(C)cc(C(=O)O)cc2c1.Cl. The van der Waals surface area contributed by atoms with Crippen LogP contribution >= 0.6 is 12.4 Å². The topological polar surface area (TPSA) is 62.2 Å². The van der Waals surface area contributed by atoms with Gasteiger partial charge in [0.2, 0.25) is 0 Å². The summed E-state index contributed by atoms with van der Waals surface area (Å²) >= 11 is 0. The number of pyridine rings is 1. The molecular weight excluding hydrogens is 240 g/mol. The second-order valence-corrected chi connectivity index (χ2v) is 3.64. The molecule has 17 heavy (non-hydrogen) atoms. The Hall–Kier alpha value is -1.81. The van der Waals surface area contributed by atoms with Gasteiger partial charge in [0.25, 0.3) is 0 Å². The van der Waals surface area contributed by atoms with E-state index in [2.05, 4.69) is 10.3 Å². The van der Waals surface area contributed by atoms with Gasteiger partial charge in [-0.05, 0) is 30.7 Å². The van der Waals surface area contributed by atoms with Crippen LogP contribution < -0.4 is 5.32 Å². The molecule has 0 saturated carbocycles. The van der Waals surface area contributed by atoms with Gasteiger partial charge in [0.05, 0.1) is 23.0 Å². The predicted octanol–water partition coefficient (Wildman–Crippen LogP) is 2.70. The first-order chi connectivity index (χ1) is 7.61. The van der Waals surface area contributed by atoms with Gasteiger partial charge in [0, 0.05) is 12.4 Å². The quantitative estimate of drug-likeness (QED) is 0.863. The minimum absolute atomic E-state index is 0. The van der Waals surface area contributed by atoms with Crippen LogP contribution in [0.3, 0.4) is 0 Å². The Morgan fingerprint density at radius 1 is 1.35 bits per heavy atom. The molecule has 0 aliphatic carbocycles. The van der Waals surface area contributed by atoms with E-state index in [9.17, 15) is 4.79 Å². The first kappa shape index (κ1) is 13.3. The van der Waals surface area contributed by atoms with Gasteiger partial charge < -0.3 is 10.4 Å². The first-order valence-corrected chi connectivity index (χ1v) is 4.93. The minimum atomic E-state index is -0.917. The summed E-state index contributed by atoms with van der Waals surface area (Å²) in [7, 11) is 1.80. The highest BCUT2D eigenvalue weighted by Crippen LogP contribution is 2.21. The summed E-state index contributed by atoms with van der Waals surface area (Å²) in [6.45, 7) is 1.86. The fraction of sp³-hybridized carbons (Fsp3) is 0.167. The minimum Gasteiger partial charge on any atom is -0.478 e. The average Bonchev–Trinajstić information content (AvgIpc) is 2.28. The highest BCUT2D eigenvalue weighted by Gasteiger charge is 2.07. The smallest absolute Gasteiger partial charge is 0.335 e. The van der Waals surface area contributed by atoms with Crippen LogP contribution in [0.25, 0.3) is 10.9 Å². The maximum absolute atomic E-state index is 10.9. The summed E-state index contributed by atoms with van der Waals surface area (Å²) < 4.78 is 0. The molecule has 0 unspecified atom stereocenters. The second-order valence-electron chi connectivity index (χ2n) is 3.64. The van der Waals surface area contributed by atoms with Crippen molar-refractivity contribution in [1.29, 1.82) is 0 Å². The number of nitrogens with one attached hydrogen (secondary N) is 1. The third-order valence-electron chi connectivity index (χ3n) is 2.51. The third kappa shape index (κ3) is 2.47. The molecule has 2 N–H and O–H groups in total. The Morgan fingerprint density at radius 2 is 2.06 bits per heavy atom. The van der Waals surface area contributed by atoms with E-state index in [1.807, 2.05) is 13.0 Å². The molecule has 0 aliphatic heterocycles. The summed E-state index contributed by atoms with van der Waals surface area (Å²) in [4.78, 5) is 15.2. The molecule has 1 aromatic heterocycles. The summed E-state index contributed by atoms with van der Waals surface area (Å²) in [5.74, 6) is -0.917. The van der Waals surface area contributed by atoms with Crippen LogP contribution in [0, 0.1) is 6.92 Å². The van der Waals surface area contributed by atoms with Crippen LogP contribution in [0.1, 0.15) is 15.9 Å². The van der Waals surface area contributed by atoms with Crippen LogP contribution in [0.15, 0.2) is 24.4 Å². The predicted molar refractivity (Wildman–Crippen MR) is 70.2 cm³/mol. The van der Waals surface area contributed by atoms with Crippen LogP contribution in [0.4, 0.5) is 5.69 Å². The largest absolute Gasteiger partial charge is 0.478 e. The van der Waals surface area contributed by atoms with Gasteiger partial charge in [-0.25, -0.2) is 4.79 Å². The van der Waals surface area contributed by atoms with E-state index in [4.69, 9.17) is 5.11 Å². The Balaban J connectivity index is 0.00000144. The zero-order chi connectivity index (χ0) is 11.7. The van der Waals surface area contributed by atoms with Gasteiger partial charge in [-0.15, -0.1) is 12.4 Å². The fourth-order valence-electron chi connectivity index (χ4n) is 1.69. The molecule has 5 heteroatoms. The number of carbonyl (C=O) groups is 1. The number of aromatic carboxylic acids is 1. The Bertz CT molecular complexity index is 570. The van der Waals surface area contributed by atoms with Gasteiger partial charge in [0.15, 0.2) is 0 Å². The lowest BCUT2D eigenvalue weighted by Crippen LogP contribution is -1.98. The number of rotatable bonds is 2. The van der Waals surface area contributed by atoms with E-state index in [0.29, 0.717) is 5.56 Å². The molecule has 0 spiro atoms. The van der Waals surface area contributed by atoms with Crippen LogP contribution in [-0.2, 0) is 0 Å². The summed E-state index contributed by atoms with van der Waals surface area (Å²) in [5.41, 5.74) is 2.87. The Morgan fingerprint density at radius 3 is 2.65 bits per heavy atom. The molecule has 0 aliphatic rings. The first-order valence-electron chi connectivity index (χ1n) is 4.93. The molecule has 4 nitrogen and oxygen atoms in total. The van der Waals surface area contributed by atoms with Crippen molar-refractivity contribution in [3.63, 3.8) is 0 Å². The molecule has 2 aromatic rings. The zero-order valence-corrected chi connectivity index (χ0v) is 10.3. The molecule has 1 heterocycles. The van der Waals surface area contributed by atoms with Crippen molar-refractivity contribution in [2.24, 2.45) is 0 Å². The van der Waals surface area contributed by atoms with Crippen molar-refractivity contribution >= 4 is 35.0 Å². The van der Waals surface area contributed by atoms with Crippen LogP contribution in [-0.4, -0.2) is 23.1 Å². The van der Waals surface area contributed by atoms with Crippen molar-refractivity contribution in [2.45, 2.75) is 6.92 Å². The third-order valence-corrected chi connectivity index (χ3v) is 2.51. The number of carboxylic acids is 1. The molecule has 0 saturated heterocycles. The van der Waals surface area contributed by atoms with E-state index < -0.39 is 5.97 Å². The van der Waals surface area contributed by atoms with E-state index >= 15 is 0 Å². The number of aryl methyl sites for hydroxylation is 1. The molecule has 1 aromatic carbocycles. The maximum atomic E-state index is 10.9. The van der Waals surface area contributed by atoms with Crippen molar-refractivity contribution in [3.05, 3.63) is 35.5 Å². The number of aromatic nitrogens is 1. The lowest BCUT2D eigenvalue weighted by molar-refractivity contribution is 0.0697. The highest BCUT2D eigenvalue weighted by atomic mass is 35.5. The number of carboxylic acid groups (broad SMARTS) is 1. The number of anilines is 1. The van der Waals surface area contributed by atoms with Crippen molar-refractivity contribution in [2.75, 3.05) is 12.4 Å². The molecule has 0 fully saturated rings. The summed E-state index contributed by atoms with van der Waals surface area (Å²) in [6, 6.07) is 5.16. The molecular formula is C12H13ClN2O2. The van der Waals surface area contributed by atoms with Gasteiger partial charge >= 0.3 is 5.97 Å². The Kier molecular flexibility index (Phi) is 3.91. The van der Waals surface area contributed by atoms with Gasteiger partial charge in [-0.2, -0.15) is 0 Å². The number of hydrogen-bond acceptors (Lipinski definition) is 3. The lowest BCUT2D eigenvalue weighted by atomic mass is 10.1. The van der Waals surface area contributed by atoms with Gasteiger partial charge in [-0.3, -0.25) is 4.98 Å². The number of benzene rings is 1. The number of halogens is 1. The molecule has 0 bridgehead atoms. The van der Waals surface area contributed by atoms with E-state index in [0.717, 1.165) is 22.2 Å². The van der Waals surface area contributed by atoms with E-state index in [-0.39, 0.29) is 12.4 Å². The van der Waals surface area contributed by atoms with Crippen molar-refractivity contribution in [3.8, 4) is 0 Å². The standard InChI is InChI=1S/C12H12N2O2.ClH/c1-7-3-9(12(15)16)4-8-5-10(13-2)6-14-11(7)8;/h3-6,13H,1-2H3,(H,15,16);1H. The maximum Gasteiger partial charge on any atom is 0.335 e. The highest BCUT2D eigenvalue weighted by molar-refractivity contribution is 5.95. The second kappa shape index (κ2) is 5.01. The van der Waals surface area contributed by atoms with Crippen molar-refractivity contribution in [1.82, 2.24) is 4.98 Å². The van der Waals surface area contributed by atoms with Gasteiger partial charge in [0.1, 0.15) is 0 Å². The number of nitrogens with zero attached hydrogens (tertiary/aromatic N) is 1. The summed E-state index contributed by atoms with van der Waals surface area (Å²) in [6.07, 6.45) is 1.73. The molecule has 0 radical (unpaired) electrons. The average molecular weight is 253 g/mol. The normalized spacial score (nSPS) is 9.76. The number of hydrogen-bond donors (Lipinski definition) is 2. The van der Waals surface area contributed by atoms with E-state index in [1.165, 1.54) is 0 Å². The molecule has 2 rings (SSSR count). The van der Waals surface area contributed by atoms with Crippen molar-refractivity contribution < 1.29 is 9.90 Å². The number of fused-ring (bicyclic) bond motifs is 1. The summed E-state index contributed by atoms with van der Waals surface area (Å²) in [5, 5.41) is 12.8. The monoisotopic (exact) mass is 252 g/mol. The van der Waals surface area contributed by atoms with E-state index in [1.54, 1.807) is 25.4 Å². The molecule has 90 valence electrons. The van der Waals surface area contributed by atoms with Crippen LogP contribution in [0.5, 0.6) is 0 Å². The fourth-order valence-corrected chi connectivity index (χ4v) is 1.69. The van der Waals surface area contributed by atoms with Gasteiger partial charge in [-0.1, -0.05) is 0 Å². The molecule has 0 atom stereocenters.